The van der Waals surface area contributed by atoms with Crippen LogP contribution in [0.3, 0.4) is 0 Å². The maximum Gasteiger partial charge on any atom is 0.274 e. The molecular weight excluding hydrogens is 414 g/mol. The normalized spacial score (nSPS) is 16.0. The molecule has 0 saturated heterocycles. The van der Waals surface area contributed by atoms with Gasteiger partial charge in [0.2, 0.25) is 10.0 Å². The molecule has 0 fully saturated rings. The summed E-state index contributed by atoms with van der Waals surface area (Å²) >= 11 is 0. The van der Waals surface area contributed by atoms with Gasteiger partial charge in [-0.15, -0.1) is 0 Å². The molecule has 3 rings (SSSR count). The fourth-order valence-corrected chi connectivity index (χ4v) is 3.84. The molecule has 2 aromatic rings. The van der Waals surface area contributed by atoms with E-state index in [1.54, 1.807) is 28.6 Å². The predicted octanol–water partition coefficient (Wildman–Crippen LogP) is 0.652. The summed E-state index contributed by atoms with van der Waals surface area (Å²) in [5.41, 5.74) is 2.27. The zero-order chi connectivity index (χ0) is 21.9. The minimum absolute atomic E-state index is 0.0512. The third kappa shape index (κ3) is 4.49. The van der Waals surface area contributed by atoms with Crippen molar-refractivity contribution in [3.8, 4) is 11.5 Å². The van der Waals surface area contributed by atoms with Crippen LogP contribution in [-0.4, -0.2) is 69.0 Å². The van der Waals surface area contributed by atoms with Crippen molar-refractivity contribution < 1.29 is 33.0 Å². The molecule has 0 aromatic heterocycles. The van der Waals surface area contributed by atoms with Crippen molar-refractivity contribution >= 4 is 21.6 Å². The third-order valence-electron chi connectivity index (χ3n) is 4.58. The number of fused-ring (bicyclic) bond motifs is 1. The van der Waals surface area contributed by atoms with Crippen LogP contribution in [0.1, 0.15) is 10.4 Å². The highest BCUT2D eigenvalue weighted by molar-refractivity contribution is 7.89. The fourth-order valence-electron chi connectivity index (χ4n) is 2.93. The Hall–Kier alpha value is -2.86. The molecule has 0 saturated carbocycles. The van der Waals surface area contributed by atoms with Gasteiger partial charge in [0.05, 0.1) is 17.1 Å². The summed E-state index contributed by atoms with van der Waals surface area (Å²) < 4.78 is 36.5. The number of hydroxylamine groups is 1. The van der Waals surface area contributed by atoms with E-state index in [1.807, 2.05) is 0 Å². The average molecular weight is 437 g/mol. The van der Waals surface area contributed by atoms with Gasteiger partial charge in [0.15, 0.2) is 6.23 Å². The zero-order valence-corrected chi connectivity index (χ0v) is 17.3. The first kappa shape index (κ1) is 21.8. The van der Waals surface area contributed by atoms with Crippen molar-refractivity contribution in [3.63, 3.8) is 0 Å². The number of hydrogen-bond donors (Lipinski definition) is 3. The lowest BCUT2D eigenvalue weighted by Crippen LogP contribution is -2.45. The summed E-state index contributed by atoms with van der Waals surface area (Å²) in [4.78, 5) is 13.5. The Balaban J connectivity index is 1.68. The van der Waals surface area contributed by atoms with Crippen LogP contribution in [0.15, 0.2) is 47.4 Å². The lowest BCUT2D eigenvalue weighted by Gasteiger charge is -2.35. The van der Waals surface area contributed by atoms with Crippen molar-refractivity contribution in [1.82, 2.24) is 9.79 Å². The first-order valence-electron chi connectivity index (χ1n) is 9.05. The smallest absolute Gasteiger partial charge is 0.274 e. The third-order valence-corrected chi connectivity index (χ3v) is 6.41. The monoisotopic (exact) mass is 437 g/mol. The van der Waals surface area contributed by atoms with Crippen LogP contribution < -0.4 is 19.9 Å². The van der Waals surface area contributed by atoms with Gasteiger partial charge in [-0.05, 0) is 42.5 Å². The Kier molecular flexibility index (Phi) is 6.46. The van der Waals surface area contributed by atoms with Gasteiger partial charge in [-0.2, -0.15) is 0 Å². The number of amides is 1. The molecule has 1 aliphatic heterocycles. The van der Waals surface area contributed by atoms with Crippen molar-refractivity contribution in [2.45, 2.75) is 11.1 Å². The molecule has 1 amide bonds. The summed E-state index contributed by atoms with van der Waals surface area (Å²) in [6.07, 6.45) is -0.943. The molecule has 1 heterocycles. The van der Waals surface area contributed by atoms with E-state index in [0.717, 1.165) is 4.31 Å². The van der Waals surface area contributed by atoms with Crippen LogP contribution >= 0.6 is 0 Å². The Morgan fingerprint density at radius 3 is 2.60 bits per heavy atom. The Morgan fingerprint density at radius 2 is 1.97 bits per heavy atom. The first-order chi connectivity index (χ1) is 14.2. The fraction of sp³-hybridized carbons (Fsp3) is 0.316. The SMILES string of the molecule is CN(C)S(=O)(=O)c1ccc(OCCN2c3cc(C(=O)NO)ccc3OCC2O)cc1. The Morgan fingerprint density at radius 1 is 1.27 bits per heavy atom. The summed E-state index contributed by atoms with van der Waals surface area (Å²) in [6, 6.07) is 10.6. The number of nitrogens with zero attached hydrogens (tertiary/aromatic N) is 2. The summed E-state index contributed by atoms with van der Waals surface area (Å²) in [7, 11) is -0.595. The molecule has 11 heteroatoms. The van der Waals surface area contributed by atoms with Crippen molar-refractivity contribution in [2.75, 3.05) is 38.8 Å². The van der Waals surface area contributed by atoms with Gasteiger partial charge in [-0.1, -0.05) is 0 Å². The number of carbonyl (C=O) groups is 1. The molecule has 1 aliphatic rings. The lowest BCUT2D eigenvalue weighted by molar-refractivity contribution is 0.0704. The molecule has 30 heavy (non-hydrogen) atoms. The molecule has 1 unspecified atom stereocenters. The van der Waals surface area contributed by atoms with E-state index in [0.29, 0.717) is 17.2 Å². The number of ether oxygens (including phenoxy) is 2. The van der Waals surface area contributed by atoms with E-state index >= 15 is 0 Å². The summed E-state index contributed by atoms with van der Waals surface area (Å²) in [5.74, 6) is 0.291. The number of sulfonamides is 1. The van der Waals surface area contributed by atoms with E-state index in [2.05, 4.69) is 0 Å². The van der Waals surface area contributed by atoms with Crippen LogP contribution in [-0.2, 0) is 10.0 Å². The number of aliphatic hydroxyl groups is 1. The van der Waals surface area contributed by atoms with Gasteiger partial charge in [-0.25, -0.2) is 18.2 Å². The van der Waals surface area contributed by atoms with Crippen LogP contribution in [0.4, 0.5) is 5.69 Å². The molecule has 0 bridgehead atoms. The predicted molar refractivity (Wildman–Crippen MR) is 107 cm³/mol. The van der Waals surface area contributed by atoms with Crippen LogP contribution in [0, 0.1) is 0 Å². The number of benzene rings is 2. The van der Waals surface area contributed by atoms with Gasteiger partial charge in [0.25, 0.3) is 5.91 Å². The highest BCUT2D eigenvalue weighted by Crippen LogP contribution is 2.34. The maximum absolute atomic E-state index is 12.1. The van der Waals surface area contributed by atoms with Crippen LogP contribution in [0.25, 0.3) is 0 Å². The molecule has 10 nitrogen and oxygen atoms in total. The summed E-state index contributed by atoms with van der Waals surface area (Å²) in [5, 5.41) is 19.1. The number of rotatable bonds is 7. The highest BCUT2D eigenvalue weighted by Gasteiger charge is 2.27. The quantitative estimate of drug-likeness (QED) is 0.426. The number of hydrogen-bond acceptors (Lipinski definition) is 8. The molecule has 3 N–H and O–H groups in total. The van der Waals surface area contributed by atoms with Crippen LogP contribution in [0.2, 0.25) is 0 Å². The second-order valence-electron chi connectivity index (χ2n) is 6.72. The van der Waals surface area contributed by atoms with Gasteiger partial charge >= 0.3 is 0 Å². The first-order valence-corrected chi connectivity index (χ1v) is 10.5. The van der Waals surface area contributed by atoms with Gasteiger partial charge in [0, 0.05) is 19.7 Å². The zero-order valence-electron chi connectivity index (χ0n) is 16.5. The standard InChI is InChI=1S/C19H23N3O7S/c1-21(2)30(26,27)15-6-4-14(5-7-15)28-10-9-22-16-11-13(19(24)20-25)3-8-17(16)29-12-18(22)23/h3-8,11,18,23,25H,9-10,12H2,1-2H3,(H,20,24). The summed E-state index contributed by atoms with van der Waals surface area (Å²) in [6.45, 7) is 0.516. The number of nitrogens with one attached hydrogen (secondary N) is 1. The van der Waals surface area contributed by atoms with Gasteiger partial charge in [0.1, 0.15) is 24.7 Å². The van der Waals surface area contributed by atoms with Gasteiger partial charge in [-0.3, -0.25) is 10.0 Å². The number of anilines is 1. The molecule has 0 radical (unpaired) electrons. The largest absolute Gasteiger partial charge is 0.492 e. The molecule has 0 aliphatic carbocycles. The van der Waals surface area contributed by atoms with Gasteiger partial charge < -0.3 is 19.5 Å². The van der Waals surface area contributed by atoms with E-state index in [9.17, 15) is 18.3 Å². The molecule has 1 atom stereocenters. The van der Waals surface area contributed by atoms with Crippen molar-refractivity contribution in [1.29, 1.82) is 0 Å². The van der Waals surface area contributed by atoms with E-state index in [-0.39, 0.29) is 30.2 Å². The average Bonchev–Trinajstić information content (AvgIpc) is 2.74. The topological polar surface area (TPSA) is 129 Å². The maximum atomic E-state index is 12.1. The van der Waals surface area contributed by atoms with E-state index < -0.39 is 22.2 Å². The Bertz CT molecular complexity index is 1010. The van der Waals surface area contributed by atoms with E-state index in [1.165, 1.54) is 38.4 Å². The van der Waals surface area contributed by atoms with Crippen molar-refractivity contribution in [2.24, 2.45) is 0 Å². The Labute approximate surface area is 174 Å². The lowest BCUT2D eigenvalue weighted by atomic mass is 10.1. The number of aliphatic hydroxyl groups excluding tert-OH is 1. The second-order valence-corrected chi connectivity index (χ2v) is 8.87. The molecule has 2 aromatic carbocycles. The minimum Gasteiger partial charge on any atom is -0.492 e. The molecule has 0 spiro atoms. The molecular formula is C19H23N3O7S. The van der Waals surface area contributed by atoms with E-state index in [4.69, 9.17) is 14.7 Å². The highest BCUT2D eigenvalue weighted by atomic mass is 32.2. The van der Waals surface area contributed by atoms with Crippen LogP contribution in [0.5, 0.6) is 11.5 Å². The number of carbonyl (C=O) groups excluding carboxylic acids is 1. The minimum atomic E-state index is -3.51. The molecule has 162 valence electrons. The second kappa shape index (κ2) is 8.88. The van der Waals surface area contributed by atoms with Crippen molar-refractivity contribution in [3.05, 3.63) is 48.0 Å².